The molecule has 2 N–H and O–H groups in total. The minimum Gasteiger partial charge on any atom is -0.497 e. The number of hydrogen-bond donors (Lipinski definition) is 2. The van der Waals surface area contributed by atoms with E-state index >= 15 is 0 Å². The molecule has 2 fully saturated rings. The number of fused-ring (bicyclic) bond motifs is 1. The van der Waals surface area contributed by atoms with Crippen molar-refractivity contribution in [1.29, 1.82) is 0 Å². The fourth-order valence-corrected chi connectivity index (χ4v) is 10.6. The van der Waals surface area contributed by atoms with Crippen molar-refractivity contribution >= 4 is 61.2 Å². The van der Waals surface area contributed by atoms with Crippen molar-refractivity contribution in [2.75, 3.05) is 69.8 Å². The largest absolute Gasteiger partial charge is 0.497 e. The number of amides is 1. The minimum absolute atomic E-state index is 0.0697. The summed E-state index contributed by atoms with van der Waals surface area (Å²) in [5.41, 5.74) is 6.84. The summed E-state index contributed by atoms with van der Waals surface area (Å²) in [6.07, 6.45) is 4.78. The average Bonchev–Trinajstić information content (AvgIpc) is 3.77. The zero-order chi connectivity index (χ0) is 49.0. The first-order valence-corrected chi connectivity index (χ1v) is 25.5. The molecule has 1 amide bonds. The van der Waals surface area contributed by atoms with Gasteiger partial charge in [0.15, 0.2) is 11.3 Å². The van der Waals surface area contributed by atoms with Gasteiger partial charge < -0.3 is 24.4 Å². The second-order valence-corrected chi connectivity index (χ2v) is 21.1. The maximum absolute atomic E-state index is 14.2. The van der Waals surface area contributed by atoms with Crippen LogP contribution in [0.2, 0.25) is 5.02 Å². The van der Waals surface area contributed by atoms with Crippen LogP contribution in [0, 0.1) is 21.4 Å². The molecular formula is C52H57ClN8O8S. The Morgan fingerprint density at radius 1 is 0.929 bits per heavy atom. The van der Waals surface area contributed by atoms with Crippen molar-refractivity contribution < 1.29 is 32.3 Å². The van der Waals surface area contributed by atoms with Gasteiger partial charge in [-0.05, 0) is 121 Å². The van der Waals surface area contributed by atoms with E-state index in [1.54, 1.807) is 42.1 Å². The molecule has 2 saturated heterocycles. The maximum atomic E-state index is 14.2. The molecule has 0 bridgehead atoms. The standard InChI is InChI=1S/C52H57ClN8O8S/c1-52(2)22-19-38(44(31-52)37-9-11-39(53)12-10-37)34-58-23-25-59(26-24-58)40-13-17-43(49(29-40)69-48-6-4-5-46-50(48)55-57-60(46)33-36-7-14-41(67-3)15-8-36)51(62)56-70(65,66)42-16-18-45(47(30-42)61(63)64)54-32-35-20-27-68-28-21-35/h4-18,29-30,35,54H,19-28,31-34H2,1-3H3,(H,56,62). The topological polar surface area (TPSA) is 183 Å². The number of methoxy groups -OCH3 is 1. The minimum atomic E-state index is -4.61. The lowest BCUT2D eigenvalue weighted by Crippen LogP contribution is -2.47. The third-order valence-electron chi connectivity index (χ3n) is 13.6. The van der Waals surface area contributed by atoms with E-state index in [0.29, 0.717) is 56.2 Å². The van der Waals surface area contributed by atoms with Gasteiger partial charge in [-0.25, -0.2) is 17.8 Å². The summed E-state index contributed by atoms with van der Waals surface area (Å²) in [6, 6.07) is 29.8. The monoisotopic (exact) mass is 988 g/mol. The van der Waals surface area contributed by atoms with Crippen molar-refractivity contribution in [2.24, 2.45) is 11.3 Å². The van der Waals surface area contributed by atoms with Crippen LogP contribution in [-0.2, 0) is 21.3 Å². The van der Waals surface area contributed by atoms with Crippen LogP contribution in [0.3, 0.4) is 0 Å². The van der Waals surface area contributed by atoms with Gasteiger partial charge in [-0.1, -0.05) is 66.6 Å². The van der Waals surface area contributed by atoms with Crippen LogP contribution >= 0.6 is 11.6 Å². The Labute approximate surface area is 412 Å². The highest BCUT2D eigenvalue weighted by atomic mass is 35.5. The Morgan fingerprint density at radius 3 is 2.41 bits per heavy atom. The molecule has 9 rings (SSSR count). The van der Waals surface area contributed by atoms with Crippen LogP contribution in [0.4, 0.5) is 17.1 Å². The average molecular weight is 990 g/mol. The number of benzene rings is 5. The first-order valence-electron chi connectivity index (χ1n) is 23.6. The van der Waals surface area contributed by atoms with Gasteiger partial charge in [0.1, 0.15) is 17.2 Å². The van der Waals surface area contributed by atoms with Gasteiger partial charge in [0.05, 0.1) is 34.6 Å². The number of carbonyl (C=O) groups is 1. The van der Waals surface area contributed by atoms with Gasteiger partial charge in [-0.2, -0.15) is 0 Å². The molecule has 2 aliphatic heterocycles. The molecule has 0 saturated carbocycles. The quantitative estimate of drug-likeness (QED) is 0.0691. The van der Waals surface area contributed by atoms with E-state index in [0.717, 1.165) is 79.8 Å². The highest BCUT2D eigenvalue weighted by Gasteiger charge is 2.31. The van der Waals surface area contributed by atoms with Gasteiger partial charge in [-0.3, -0.25) is 19.8 Å². The van der Waals surface area contributed by atoms with E-state index in [1.807, 2.05) is 42.5 Å². The molecule has 1 aromatic heterocycles. The molecule has 16 nitrogen and oxygen atoms in total. The second kappa shape index (κ2) is 20.8. The van der Waals surface area contributed by atoms with Crippen molar-refractivity contribution in [3.05, 3.63) is 141 Å². The Morgan fingerprint density at radius 2 is 1.69 bits per heavy atom. The van der Waals surface area contributed by atoms with Crippen LogP contribution in [0.5, 0.6) is 17.2 Å². The number of nitro groups is 1. The van der Waals surface area contributed by atoms with Crippen molar-refractivity contribution in [1.82, 2.24) is 24.6 Å². The summed E-state index contributed by atoms with van der Waals surface area (Å²) in [6.45, 7) is 10.6. The van der Waals surface area contributed by atoms with Crippen LogP contribution in [0.15, 0.2) is 114 Å². The highest BCUT2D eigenvalue weighted by Crippen LogP contribution is 2.44. The maximum Gasteiger partial charge on any atom is 0.293 e. The van der Waals surface area contributed by atoms with Gasteiger partial charge in [0.2, 0.25) is 0 Å². The fourth-order valence-electron chi connectivity index (χ4n) is 9.49. The number of hydrogen-bond acceptors (Lipinski definition) is 13. The number of nitrogens with zero attached hydrogens (tertiary/aromatic N) is 6. The Balaban J connectivity index is 0.974. The third-order valence-corrected chi connectivity index (χ3v) is 15.2. The zero-order valence-corrected chi connectivity index (χ0v) is 41.1. The molecular weight excluding hydrogens is 932 g/mol. The Hall–Kier alpha value is -6.53. The number of anilines is 2. The normalized spacial score (nSPS) is 16.8. The molecule has 70 heavy (non-hydrogen) atoms. The lowest BCUT2D eigenvalue weighted by atomic mass is 9.72. The van der Waals surface area contributed by atoms with Gasteiger partial charge >= 0.3 is 0 Å². The molecule has 0 spiro atoms. The molecule has 0 unspecified atom stereocenters. The van der Waals surface area contributed by atoms with E-state index in [-0.39, 0.29) is 28.3 Å². The van der Waals surface area contributed by atoms with Crippen LogP contribution in [0.25, 0.3) is 16.6 Å². The summed E-state index contributed by atoms with van der Waals surface area (Å²) in [5.74, 6) is 0.404. The van der Waals surface area contributed by atoms with E-state index in [9.17, 15) is 23.3 Å². The first kappa shape index (κ1) is 48.5. The molecule has 0 radical (unpaired) electrons. The summed E-state index contributed by atoms with van der Waals surface area (Å²) >= 11 is 6.27. The van der Waals surface area contributed by atoms with E-state index in [2.05, 4.69) is 56.1 Å². The van der Waals surface area contributed by atoms with Crippen molar-refractivity contribution in [3.63, 3.8) is 0 Å². The number of allylic oxidation sites excluding steroid dienone is 1. The summed E-state index contributed by atoms with van der Waals surface area (Å²) in [5, 5.41) is 24.9. The molecule has 0 atom stereocenters. The predicted molar refractivity (Wildman–Crippen MR) is 271 cm³/mol. The fraction of sp³-hybridized carbons (Fsp3) is 0.365. The van der Waals surface area contributed by atoms with Gasteiger partial charge in [0, 0.05) is 75.3 Å². The molecule has 366 valence electrons. The number of rotatable bonds is 16. The lowest BCUT2D eigenvalue weighted by Gasteiger charge is -2.39. The molecule has 3 aliphatic rings. The van der Waals surface area contributed by atoms with E-state index < -0.39 is 31.4 Å². The van der Waals surface area contributed by atoms with Crippen molar-refractivity contribution in [3.8, 4) is 17.2 Å². The number of nitro benzene ring substituents is 1. The number of halogens is 1. The molecule has 18 heteroatoms. The van der Waals surface area contributed by atoms with Gasteiger partial charge in [-0.15, -0.1) is 5.10 Å². The van der Waals surface area contributed by atoms with Gasteiger partial charge in [0.25, 0.3) is 21.6 Å². The Kier molecular flexibility index (Phi) is 14.4. The van der Waals surface area contributed by atoms with Crippen LogP contribution in [-0.4, -0.2) is 98.7 Å². The highest BCUT2D eigenvalue weighted by molar-refractivity contribution is 7.90. The van der Waals surface area contributed by atoms with Crippen LogP contribution in [0.1, 0.15) is 67.4 Å². The third kappa shape index (κ3) is 11.2. The number of ether oxygens (including phenoxy) is 3. The van der Waals surface area contributed by atoms with Crippen LogP contribution < -0.4 is 24.4 Å². The smallest absolute Gasteiger partial charge is 0.293 e. The number of nitrogens with one attached hydrogen (secondary N) is 2. The predicted octanol–water partition coefficient (Wildman–Crippen LogP) is 9.59. The number of piperazine rings is 1. The summed E-state index contributed by atoms with van der Waals surface area (Å²) in [7, 11) is -3.00. The summed E-state index contributed by atoms with van der Waals surface area (Å²) < 4.78 is 49.0. The zero-order valence-electron chi connectivity index (χ0n) is 39.5. The van der Waals surface area contributed by atoms with Crippen molar-refractivity contribution in [2.45, 2.75) is 57.4 Å². The molecule has 6 aromatic rings. The molecule has 1 aliphatic carbocycles. The lowest BCUT2D eigenvalue weighted by molar-refractivity contribution is -0.384. The van der Waals surface area contributed by atoms with E-state index in [1.165, 1.54) is 28.8 Å². The molecule has 5 aromatic carbocycles. The SMILES string of the molecule is COc1ccc(Cn2nnc3c(Oc4cc(N5CCN(CC6=C(c7ccc(Cl)cc7)CC(C)(C)CC6)CC5)ccc4C(=O)NS(=O)(=O)c4ccc(NCC5CCOCC5)c([N+](=O)[O-])c4)cccc32)cc1. The molecule has 3 heterocycles. The number of carbonyl (C=O) groups excluding carboxylic acids is 1. The first-order chi connectivity index (χ1) is 33.7. The summed E-state index contributed by atoms with van der Waals surface area (Å²) in [4.78, 5) is 30.1. The number of sulfonamides is 1. The Bertz CT molecular complexity index is 3020. The second-order valence-electron chi connectivity index (χ2n) is 19.0. The number of aromatic nitrogens is 3. The van der Waals surface area contributed by atoms with E-state index in [4.69, 9.17) is 25.8 Å².